The number of methoxy groups -OCH3 is 1. The van der Waals surface area contributed by atoms with Gasteiger partial charge in [-0.2, -0.15) is 0 Å². The Labute approximate surface area is 180 Å². The lowest BCUT2D eigenvalue weighted by Crippen LogP contribution is -2.35. The second kappa shape index (κ2) is 9.09. The highest BCUT2D eigenvalue weighted by atomic mass is 16.5. The average molecular weight is 408 g/mol. The van der Waals surface area contributed by atoms with E-state index in [1.807, 2.05) is 12.4 Å². The van der Waals surface area contributed by atoms with Crippen LogP contribution in [0.15, 0.2) is 47.5 Å². The van der Waals surface area contributed by atoms with Crippen molar-refractivity contribution in [2.75, 3.05) is 21.2 Å². The number of rotatable bonds is 6. The Morgan fingerprint density at radius 3 is 2.43 bits per heavy atom. The van der Waals surface area contributed by atoms with Crippen LogP contribution in [-0.4, -0.2) is 49.5 Å². The van der Waals surface area contributed by atoms with E-state index in [1.165, 1.54) is 24.0 Å². The molecular weight excluding hydrogens is 374 g/mol. The zero-order valence-corrected chi connectivity index (χ0v) is 18.5. The van der Waals surface area contributed by atoms with E-state index < -0.39 is 0 Å². The summed E-state index contributed by atoms with van der Waals surface area (Å²) in [6.07, 6.45) is 6.71. The molecule has 1 aliphatic carbocycles. The maximum atomic E-state index is 6.46. The Kier molecular flexibility index (Phi) is 6.28. The highest BCUT2D eigenvalue weighted by molar-refractivity contribution is 5.71. The molecule has 30 heavy (non-hydrogen) atoms. The van der Waals surface area contributed by atoms with Gasteiger partial charge in [-0.3, -0.25) is 0 Å². The van der Waals surface area contributed by atoms with Crippen LogP contribution in [0.3, 0.4) is 0 Å². The standard InChI is InChI=1S/C25H33N3O2/c1-18-22-14-25(30-21-12-10-20(11-13-21)27(2)3)24(29-4)15-23(22)26-17-28(18)16-19-8-6-5-7-9-19/h5-9,14-15,17-18,20-21H,10-13,16H2,1-4H3. The second-order valence-electron chi connectivity index (χ2n) is 8.65. The molecule has 5 nitrogen and oxygen atoms in total. The molecule has 1 heterocycles. The van der Waals surface area contributed by atoms with E-state index in [4.69, 9.17) is 14.5 Å². The fourth-order valence-electron chi connectivity index (χ4n) is 4.51. The van der Waals surface area contributed by atoms with Crippen molar-refractivity contribution < 1.29 is 9.47 Å². The molecule has 0 aromatic heterocycles. The minimum absolute atomic E-state index is 0.218. The summed E-state index contributed by atoms with van der Waals surface area (Å²) in [5.41, 5.74) is 3.43. The molecule has 1 atom stereocenters. The molecule has 4 rings (SSSR count). The van der Waals surface area contributed by atoms with Crippen LogP contribution in [-0.2, 0) is 6.54 Å². The third kappa shape index (κ3) is 4.46. The van der Waals surface area contributed by atoms with Crippen molar-refractivity contribution >= 4 is 12.0 Å². The molecule has 2 aromatic carbocycles. The first kappa shape index (κ1) is 20.7. The third-order valence-electron chi connectivity index (χ3n) is 6.48. The Morgan fingerprint density at radius 2 is 1.77 bits per heavy atom. The number of nitrogens with zero attached hydrogens (tertiary/aromatic N) is 3. The number of fused-ring (bicyclic) bond motifs is 1. The van der Waals surface area contributed by atoms with Gasteiger partial charge in [-0.25, -0.2) is 4.99 Å². The quantitative estimate of drug-likeness (QED) is 0.661. The van der Waals surface area contributed by atoms with Crippen LogP contribution in [0.4, 0.5) is 5.69 Å². The molecule has 160 valence electrons. The molecule has 0 bridgehead atoms. The molecule has 1 unspecified atom stereocenters. The highest BCUT2D eigenvalue weighted by Crippen LogP contribution is 2.42. The zero-order valence-electron chi connectivity index (χ0n) is 18.5. The summed E-state index contributed by atoms with van der Waals surface area (Å²) in [6, 6.07) is 15.6. The van der Waals surface area contributed by atoms with Gasteiger partial charge >= 0.3 is 0 Å². The maximum Gasteiger partial charge on any atom is 0.162 e. The summed E-state index contributed by atoms with van der Waals surface area (Å²) in [5, 5.41) is 0. The zero-order chi connectivity index (χ0) is 21.1. The highest BCUT2D eigenvalue weighted by Gasteiger charge is 2.27. The monoisotopic (exact) mass is 407 g/mol. The van der Waals surface area contributed by atoms with Crippen molar-refractivity contribution in [3.8, 4) is 11.5 Å². The van der Waals surface area contributed by atoms with Gasteiger partial charge in [0.05, 0.1) is 31.3 Å². The molecule has 0 amide bonds. The lowest BCUT2D eigenvalue weighted by molar-refractivity contribution is 0.108. The summed E-state index contributed by atoms with van der Waals surface area (Å²) in [4.78, 5) is 9.31. The van der Waals surface area contributed by atoms with Crippen LogP contribution in [0.5, 0.6) is 11.5 Å². The molecule has 0 saturated heterocycles. The van der Waals surface area contributed by atoms with Crippen molar-refractivity contribution in [2.45, 2.75) is 57.3 Å². The Balaban J connectivity index is 1.51. The molecule has 1 fully saturated rings. The number of aliphatic imine (C=N–C) groups is 1. The van der Waals surface area contributed by atoms with Crippen molar-refractivity contribution in [2.24, 2.45) is 4.99 Å². The summed E-state index contributed by atoms with van der Waals surface area (Å²) in [5.74, 6) is 1.61. The number of ether oxygens (including phenoxy) is 2. The minimum atomic E-state index is 0.218. The van der Waals surface area contributed by atoms with E-state index >= 15 is 0 Å². The minimum Gasteiger partial charge on any atom is -0.493 e. The first-order valence-corrected chi connectivity index (χ1v) is 10.9. The second-order valence-corrected chi connectivity index (χ2v) is 8.65. The topological polar surface area (TPSA) is 37.3 Å². The summed E-state index contributed by atoms with van der Waals surface area (Å²) < 4.78 is 12.1. The summed E-state index contributed by atoms with van der Waals surface area (Å²) >= 11 is 0. The Morgan fingerprint density at radius 1 is 1.03 bits per heavy atom. The molecule has 1 saturated carbocycles. The SMILES string of the molecule is COc1cc2c(cc1OC1CCC(N(C)C)CC1)C(C)N(Cc1ccccc1)C=N2. The van der Waals surface area contributed by atoms with Crippen LogP contribution in [0.25, 0.3) is 0 Å². The molecule has 0 spiro atoms. The lowest BCUT2D eigenvalue weighted by atomic mass is 9.92. The van der Waals surface area contributed by atoms with Crippen LogP contribution >= 0.6 is 0 Å². The largest absolute Gasteiger partial charge is 0.493 e. The Bertz CT molecular complexity index is 873. The van der Waals surface area contributed by atoms with Crippen molar-refractivity contribution in [3.63, 3.8) is 0 Å². The van der Waals surface area contributed by atoms with Crippen LogP contribution in [0, 0.1) is 0 Å². The smallest absolute Gasteiger partial charge is 0.162 e. The predicted molar refractivity (Wildman–Crippen MR) is 122 cm³/mol. The molecule has 2 aliphatic rings. The van der Waals surface area contributed by atoms with E-state index in [0.717, 1.165) is 36.6 Å². The van der Waals surface area contributed by atoms with Crippen LogP contribution in [0.2, 0.25) is 0 Å². The summed E-state index contributed by atoms with van der Waals surface area (Å²) in [6.45, 7) is 3.06. The predicted octanol–water partition coefficient (Wildman–Crippen LogP) is 5.18. The van der Waals surface area contributed by atoms with Gasteiger partial charge in [0.1, 0.15) is 0 Å². The van der Waals surface area contributed by atoms with Gasteiger partial charge in [0.15, 0.2) is 11.5 Å². The third-order valence-corrected chi connectivity index (χ3v) is 6.48. The first-order chi connectivity index (χ1) is 14.5. The summed E-state index contributed by atoms with van der Waals surface area (Å²) in [7, 11) is 6.04. The van der Waals surface area contributed by atoms with Gasteiger partial charge in [0, 0.05) is 24.2 Å². The number of benzene rings is 2. The van der Waals surface area contributed by atoms with Gasteiger partial charge in [0.25, 0.3) is 0 Å². The van der Waals surface area contributed by atoms with Gasteiger partial charge in [-0.05, 0) is 58.3 Å². The van der Waals surface area contributed by atoms with Crippen LogP contribution < -0.4 is 9.47 Å². The van der Waals surface area contributed by atoms with Crippen LogP contribution in [0.1, 0.15) is 49.8 Å². The normalized spacial score (nSPS) is 23.4. The van der Waals surface area contributed by atoms with Gasteiger partial charge in [0.2, 0.25) is 0 Å². The Hall–Kier alpha value is -2.53. The first-order valence-electron chi connectivity index (χ1n) is 10.9. The lowest BCUT2D eigenvalue weighted by Gasteiger charge is -2.34. The average Bonchev–Trinajstić information content (AvgIpc) is 2.77. The molecular formula is C25H33N3O2. The van der Waals surface area contributed by atoms with Gasteiger partial charge < -0.3 is 19.3 Å². The fourth-order valence-corrected chi connectivity index (χ4v) is 4.51. The van der Waals surface area contributed by atoms with E-state index in [2.05, 4.69) is 67.2 Å². The van der Waals surface area contributed by atoms with Gasteiger partial charge in [-0.1, -0.05) is 30.3 Å². The fraction of sp³-hybridized carbons (Fsp3) is 0.480. The molecule has 5 heteroatoms. The van der Waals surface area contributed by atoms with E-state index in [9.17, 15) is 0 Å². The number of hydrogen-bond acceptors (Lipinski definition) is 5. The maximum absolute atomic E-state index is 6.46. The van der Waals surface area contributed by atoms with Crippen molar-refractivity contribution in [3.05, 3.63) is 53.6 Å². The van der Waals surface area contributed by atoms with Gasteiger partial charge in [-0.15, -0.1) is 0 Å². The van der Waals surface area contributed by atoms with Crippen molar-refractivity contribution in [1.29, 1.82) is 0 Å². The molecule has 1 aliphatic heterocycles. The number of hydrogen-bond donors (Lipinski definition) is 0. The van der Waals surface area contributed by atoms with E-state index in [1.54, 1.807) is 7.11 Å². The van der Waals surface area contributed by atoms with E-state index in [-0.39, 0.29) is 12.1 Å². The molecule has 0 N–H and O–H groups in total. The molecule has 2 aromatic rings. The van der Waals surface area contributed by atoms with E-state index in [0.29, 0.717) is 6.04 Å². The molecule has 0 radical (unpaired) electrons. The van der Waals surface area contributed by atoms with Crippen molar-refractivity contribution in [1.82, 2.24) is 9.80 Å².